The third kappa shape index (κ3) is 6.07. The van der Waals surface area contributed by atoms with E-state index in [2.05, 4.69) is 5.32 Å². The number of rotatable bonds is 8. The molecule has 0 heterocycles. The minimum absolute atomic E-state index is 0. The lowest BCUT2D eigenvalue weighted by molar-refractivity contribution is -0.125. The van der Waals surface area contributed by atoms with Gasteiger partial charge in [0.1, 0.15) is 5.75 Å². The lowest BCUT2D eigenvalue weighted by atomic mass is 9.94. The molecule has 0 saturated carbocycles. The van der Waals surface area contributed by atoms with Crippen molar-refractivity contribution in [1.82, 2.24) is 5.32 Å². The van der Waals surface area contributed by atoms with Crippen LogP contribution in [-0.4, -0.2) is 19.1 Å². The molecule has 0 aliphatic heterocycles. The van der Waals surface area contributed by atoms with Crippen LogP contribution >= 0.6 is 12.4 Å². The van der Waals surface area contributed by atoms with Crippen molar-refractivity contribution in [2.24, 2.45) is 11.7 Å². The van der Waals surface area contributed by atoms with Crippen molar-refractivity contribution in [2.75, 3.05) is 13.2 Å². The average Bonchev–Trinajstić information content (AvgIpc) is 2.62. The molecular formula is C20H27ClN2O2. The Labute approximate surface area is 156 Å². The van der Waals surface area contributed by atoms with Crippen LogP contribution in [0.3, 0.4) is 0 Å². The minimum Gasteiger partial charge on any atom is -0.494 e. The summed E-state index contributed by atoms with van der Waals surface area (Å²) >= 11 is 0. The van der Waals surface area contributed by atoms with Crippen LogP contribution in [0.15, 0.2) is 54.6 Å². The largest absolute Gasteiger partial charge is 0.494 e. The van der Waals surface area contributed by atoms with E-state index in [0.29, 0.717) is 13.2 Å². The fourth-order valence-electron chi connectivity index (χ4n) is 2.62. The molecule has 2 aromatic carbocycles. The number of hydrogen-bond acceptors (Lipinski definition) is 3. The number of hydrogen-bond donors (Lipinski definition) is 2. The number of nitrogens with one attached hydrogen (secondary N) is 1. The van der Waals surface area contributed by atoms with Crippen molar-refractivity contribution in [3.05, 3.63) is 65.7 Å². The van der Waals surface area contributed by atoms with E-state index >= 15 is 0 Å². The molecule has 25 heavy (non-hydrogen) atoms. The highest BCUT2D eigenvalue weighted by Crippen LogP contribution is 2.20. The predicted molar refractivity (Wildman–Crippen MR) is 104 cm³/mol. The fourth-order valence-corrected chi connectivity index (χ4v) is 2.62. The second kappa shape index (κ2) is 10.7. The zero-order valence-corrected chi connectivity index (χ0v) is 15.6. The first kappa shape index (κ1) is 21.0. The van der Waals surface area contributed by atoms with Crippen molar-refractivity contribution in [3.63, 3.8) is 0 Å². The van der Waals surface area contributed by atoms with E-state index in [4.69, 9.17) is 10.5 Å². The summed E-state index contributed by atoms with van der Waals surface area (Å²) in [5.74, 6) is 0.568. The normalized spacial score (nSPS) is 12.6. The summed E-state index contributed by atoms with van der Waals surface area (Å²) in [5.41, 5.74) is 8.28. The van der Waals surface area contributed by atoms with E-state index in [-0.39, 0.29) is 30.3 Å². The number of amides is 1. The number of para-hydroxylation sites is 1. The third-order valence-electron chi connectivity index (χ3n) is 4.10. The Kier molecular flexibility index (Phi) is 9.03. The van der Waals surface area contributed by atoms with Gasteiger partial charge in [0.2, 0.25) is 5.91 Å². The Balaban J connectivity index is 0.00000312. The minimum atomic E-state index is -0.304. The number of nitrogens with two attached hydrogens (primary N) is 1. The average molecular weight is 363 g/mol. The molecule has 2 unspecified atom stereocenters. The molecule has 0 bridgehead atoms. The Bertz CT molecular complexity index is 649. The third-order valence-corrected chi connectivity index (χ3v) is 4.10. The SMILES string of the molecule is CCOc1ccccc1CCNC(=O)C(C)C(N)c1ccccc1.Cl. The lowest BCUT2D eigenvalue weighted by Crippen LogP contribution is -2.36. The first-order chi connectivity index (χ1) is 11.6. The Morgan fingerprint density at radius 3 is 2.44 bits per heavy atom. The van der Waals surface area contributed by atoms with E-state index in [9.17, 15) is 4.79 Å². The van der Waals surface area contributed by atoms with Crippen LogP contribution in [0.2, 0.25) is 0 Å². The van der Waals surface area contributed by atoms with Gasteiger partial charge in [-0.1, -0.05) is 55.5 Å². The highest BCUT2D eigenvalue weighted by molar-refractivity contribution is 5.85. The van der Waals surface area contributed by atoms with Gasteiger partial charge in [0.15, 0.2) is 0 Å². The number of halogens is 1. The van der Waals surface area contributed by atoms with Gasteiger partial charge in [0, 0.05) is 12.6 Å². The van der Waals surface area contributed by atoms with Crippen LogP contribution in [-0.2, 0) is 11.2 Å². The lowest BCUT2D eigenvalue weighted by Gasteiger charge is -2.20. The predicted octanol–water partition coefficient (Wildman–Crippen LogP) is 3.50. The van der Waals surface area contributed by atoms with Gasteiger partial charge in [-0.15, -0.1) is 12.4 Å². The van der Waals surface area contributed by atoms with Crippen molar-refractivity contribution in [2.45, 2.75) is 26.3 Å². The summed E-state index contributed by atoms with van der Waals surface area (Å²) < 4.78 is 5.61. The molecule has 1 amide bonds. The molecule has 0 spiro atoms. The molecule has 0 fully saturated rings. The van der Waals surface area contributed by atoms with E-state index in [1.54, 1.807) is 0 Å². The maximum Gasteiger partial charge on any atom is 0.224 e. The van der Waals surface area contributed by atoms with Crippen molar-refractivity contribution < 1.29 is 9.53 Å². The van der Waals surface area contributed by atoms with Crippen LogP contribution in [0.25, 0.3) is 0 Å². The second-order valence-electron chi connectivity index (χ2n) is 5.81. The van der Waals surface area contributed by atoms with Crippen LogP contribution < -0.4 is 15.8 Å². The fraction of sp³-hybridized carbons (Fsp3) is 0.350. The van der Waals surface area contributed by atoms with Crippen LogP contribution in [0.1, 0.15) is 31.0 Å². The molecule has 4 nitrogen and oxygen atoms in total. The highest BCUT2D eigenvalue weighted by Gasteiger charge is 2.21. The van der Waals surface area contributed by atoms with E-state index in [0.717, 1.165) is 23.3 Å². The van der Waals surface area contributed by atoms with Crippen molar-refractivity contribution in [1.29, 1.82) is 0 Å². The van der Waals surface area contributed by atoms with Gasteiger partial charge in [-0.05, 0) is 30.5 Å². The summed E-state index contributed by atoms with van der Waals surface area (Å²) in [4.78, 5) is 12.3. The van der Waals surface area contributed by atoms with Crippen LogP contribution in [0.4, 0.5) is 0 Å². The van der Waals surface area contributed by atoms with Gasteiger partial charge in [-0.2, -0.15) is 0 Å². The smallest absolute Gasteiger partial charge is 0.224 e. The molecule has 0 aromatic heterocycles. The van der Waals surface area contributed by atoms with Gasteiger partial charge in [-0.25, -0.2) is 0 Å². The first-order valence-electron chi connectivity index (χ1n) is 8.42. The molecule has 0 radical (unpaired) electrons. The molecule has 0 aliphatic carbocycles. The van der Waals surface area contributed by atoms with Crippen LogP contribution in [0.5, 0.6) is 5.75 Å². The van der Waals surface area contributed by atoms with Gasteiger partial charge < -0.3 is 15.8 Å². The molecule has 2 aromatic rings. The van der Waals surface area contributed by atoms with Gasteiger partial charge in [0.05, 0.1) is 12.5 Å². The summed E-state index contributed by atoms with van der Waals surface area (Å²) in [6.07, 6.45) is 0.731. The zero-order chi connectivity index (χ0) is 17.4. The second-order valence-corrected chi connectivity index (χ2v) is 5.81. The van der Waals surface area contributed by atoms with E-state index < -0.39 is 0 Å². The van der Waals surface area contributed by atoms with E-state index in [1.807, 2.05) is 68.4 Å². The highest BCUT2D eigenvalue weighted by atomic mass is 35.5. The van der Waals surface area contributed by atoms with Gasteiger partial charge in [0.25, 0.3) is 0 Å². The number of carbonyl (C=O) groups excluding carboxylic acids is 1. The summed E-state index contributed by atoms with van der Waals surface area (Å²) in [5, 5.41) is 2.98. The number of carbonyl (C=O) groups is 1. The number of ether oxygens (including phenoxy) is 1. The molecular weight excluding hydrogens is 336 g/mol. The Morgan fingerprint density at radius 1 is 1.12 bits per heavy atom. The zero-order valence-electron chi connectivity index (χ0n) is 14.8. The molecule has 5 heteroatoms. The molecule has 136 valence electrons. The maximum atomic E-state index is 12.3. The monoisotopic (exact) mass is 362 g/mol. The van der Waals surface area contributed by atoms with E-state index in [1.165, 1.54) is 0 Å². The van der Waals surface area contributed by atoms with Gasteiger partial charge in [-0.3, -0.25) is 4.79 Å². The molecule has 2 atom stereocenters. The van der Waals surface area contributed by atoms with Gasteiger partial charge >= 0.3 is 0 Å². The quantitative estimate of drug-likeness (QED) is 0.755. The molecule has 0 saturated heterocycles. The summed E-state index contributed by atoms with van der Waals surface area (Å²) in [7, 11) is 0. The van der Waals surface area contributed by atoms with Crippen LogP contribution in [0, 0.1) is 5.92 Å². The summed E-state index contributed by atoms with van der Waals surface area (Å²) in [6.45, 7) is 5.02. The first-order valence-corrected chi connectivity index (χ1v) is 8.42. The molecule has 3 N–H and O–H groups in total. The standard InChI is InChI=1S/C20H26N2O2.ClH/c1-3-24-18-12-8-7-9-16(18)13-14-22-20(23)15(2)19(21)17-10-5-4-6-11-17;/h4-12,15,19H,3,13-14,21H2,1-2H3,(H,22,23);1H. The number of benzene rings is 2. The Morgan fingerprint density at radius 2 is 1.76 bits per heavy atom. The molecule has 0 aliphatic rings. The topological polar surface area (TPSA) is 64.3 Å². The Hall–Kier alpha value is -2.04. The molecule has 2 rings (SSSR count). The van der Waals surface area contributed by atoms with Crippen molar-refractivity contribution >= 4 is 18.3 Å². The van der Waals surface area contributed by atoms with Crippen molar-refractivity contribution in [3.8, 4) is 5.75 Å². The maximum absolute atomic E-state index is 12.3. The summed E-state index contributed by atoms with van der Waals surface area (Å²) in [6, 6.07) is 17.3.